The molecule has 1 unspecified atom stereocenters. The average molecular weight is 385 g/mol. The number of nitrogens with zero attached hydrogens (tertiary/aromatic N) is 4. The van der Waals surface area contributed by atoms with E-state index in [1.54, 1.807) is 36.4 Å². The van der Waals surface area contributed by atoms with E-state index < -0.39 is 15.7 Å². The fraction of sp³-hybridized carbons (Fsp3) is 0.333. The molecule has 8 nitrogen and oxygen atoms in total. The third-order valence-electron chi connectivity index (χ3n) is 4.42. The van der Waals surface area contributed by atoms with Crippen LogP contribution in [-0.4, -0.2) is 48.6 Å². The first-order valence-electron chi connectivity index (χ1n) is 8.54. The Morgan fingerprint density at radius 3 is 2.74 bits per heavy atom. The van der Waals surface area contributed by atoms with Gasteiger partial charge in [-0.25, -0.2) is 8.42 Å². The van der Waals surface area contributed by atoms with Crippen molar-refractivity contribution >= 4 is 27.2 Å². The summed E-state index contributed by atoms with van der Waals surface area (Å²) in [5.41, 5.74) is 1.08. The van der Waals surface area contributed by atoms with Crippen LogP contribution in [0.3, 0.4) is 0 Å². The third-order valence-corrected chi connectivity index (χ3v) is 6.17. The second kappa shape index (κ2) is 7.72. The highest BCUT2D eigenvalue weighted by Gasteiger charge is 2.32. The highest BCUT2D eigenvalue weighted by molar-refractivity contribution is 7.91. The van der Waals surface area contributed by atoms with Gasteiger partial charge in [0.25, 0.3) is 5.91 Å². The lowest BCUT2D eigenvalue weighted by atomic mass is 10.2. The van der Waals surface area contributed by atoms with Gasteiger partial charge in [-0.3, -0.25) is 4.79 Å². The fourth-order valence-corrected chi connectivity index (χ4v) is 4.82. The molecule has 0 aliphatic carbocycles. The summed E-state index contributed by atoms with van der Waals surface area (Å²) in [4.78, 5) is 14.2. The number of rotatable bonds is 5. The molecule has 1 aliphatic rings. The molecule has 140 valence electrons. The lowest BCUT2D eigenvalue weighted by molar-refractivity contribution is 0.102. The molecular formula is C18H19N5O3S. The van der Waals surface area contributed by atoms with Crippen LogP contribution in [0.4, 0.5) is 11.5 Å². The van der Waals surface area contributed by atoms with E-state index in [1.165, 1.54) is 0 Å². The smallest absolute Gasteiger partial charge is 0.276 e. The predicted octanol–water partition coefficient (Wildman–Crippen LogP) is 1.61. The normalized spacial score (nSPS) is 17.9. The molecule has 1 N–H and O–H groups in total. The van der Waals surface area contributed by atoms with E-state index in [9.17, 15) is 13.2 Å². The Balaban J connectivity index is 1.72. The minimum absolute atomic E-state index is 0.111. The van der Waals surface area contributed by atoms with Crippen LogP contribution in [0.25, 0.3) is 0 Å². The van der Waals surface area contributed by atoms with Gasteiger partial charge in [-0.1, -0.05) is 6.07 Å². The quantitative estimate of drug-likeness (QED) is 0.831. The Labute approximate surface area is 157 Å². The molecule has 1 aliphatic heterocycles. The minimum atomic E-state index is -3.00. The number of benzene rings is 1. The van der Waals surface area contributed by atoms with Crippen LogP contribution in [0.15, 0.2) is 36.4 Å². The SMILES string of the molecule is CCN(c1ccc(C(=O)Nc2cccc(C#N)c2)nn1)C1CCS(=O)(=O)C1. The second-order valence-electron chi connectivity index (χ2n) is 6.27. The van der Waals surface area contributed by atoms with E-state index in [1.807, 2.05) is 17.9 Å². The highest BCUT2D eigenvalue weighted by Crippen LogP contribution is 2.22. The molecule has 1 aromatic heterocycles. The van der Waals surface area contributed by atoms with Gasteiger partial charge in [-0.15, -0.1) is 10.2 Å². The van der Waals surface area contributed by atoms with Gasteiger partial charge in [0.15, 0.2) is 21.3 Å². The molecule has 1 aromatic carbocycles. The summed E-state index contributed by atoms with van der Waals surface area (Å²) >= 11 is 0. The Morgan fingerprint density at radius 1 is 1.33 bits per heavy atom. The van der Waals surface area contributed by atoms with Gasteiger partial charge in [0.1, 0.15) is 0 Å². The maximum absolute atomic E-state index is 12.3. The van der Waals surface area contributed by atoms with Crippen LogP contribution in [0.5, 0.6) is 0 Å². The molecule has 1 saturated heterocycles. The largest absolute Gasteiger partial charge is 0.351 e. The number of nitriles is 1. The first-order chi connectivity index (χ1) is 12.9. The molecule has 0 saturated carbocycles. The number of hydrogen-bond donors (Lipinski definition) is 1. The highest BCUT2D eigenvalue weighted by atomic mass is 32.2. The van der Waals surface area contributed by atoms with E-state index in [-0.39, 0.29) is 23.2 Å². The van der Waals surface area contributed by atoms with Gasteiger partial charge in [-0.05, 0) is 43.7 Å². The number of sulfone groups is 1. The average Bonchev–Trinajstić information content (AvgIpc) is 3.02. The summed E-state index contributed by atoms with van der Waals surface area (Å²) in [7, 11) is -3.00. The Morgan fingerprint density at radius 2 is 2.15 bits per heavy atom. The second-order valence-corrected chi connectivity index (χ2v) is 8.50. The summed E-state index contributed by atoms with van der Waals surface area (Å²) in [6.45, 7) is 2.52. The van der Waals surface area contributed by atoms with Crippen LogP contribution in [-0.2, 0) is 9.84 Å². The van der Waals surface area contributed by atoms with Crippen LogP contribution >= 0.6 is 0 Å². The number of carbonyl (C=O) groups is 1. The van der Waals surface area contributed by atoms with Crippen LogP contribution in [0, 0.1) is 11.3 Å². The van der Waals surface area contributed by atoms with E-state index >= 15 is 0 Å². The lowest BCUT2D eigenvalue weighted by Gasteiger charge is -2.27. The molecule has 1 atom stereocenters. The minimum Gasteiger partial charge on any atom is -0.351 e. The molecule has 0 bridgehead atoms. The lowest BCUT2D eigenvalue weighted by Crippen LogP contribution is -2.37. The van der Waals surface area contributed by atoms with Crippen molar-refractivity contribution in [2.75, 3.05) is 28.3 Å². The zero-order valence-corrected chi connectivity index (χ0v) is 15.6. The van der Waals surface area contributed by atoms with Gasteiger partial charge in [0, 0.05) is 18.3 Å². The zero-order chi connectivity index (χ0) is 19.4. The number of nitrogens with one attached hydrogen (secondary N) is 1. The topological polar surface area (TPSA) is 116 Å². The number of carbonyl (C=O) groups excluding carboxylic acids is 1. The van der Waals surface area contributed by atoms with E-state index in [2.05, 4.69) is 15.5 Å². The monoisotopic (exact) mass is 385 g/mol. The standard InChI is InChI=1S/C18H19N5O3S/c1-2-23(15-8-9-27(25,26)12-15)17-7-6-16(21-22-17)18(24)20-14-5-3-4-13(10-14)11-19/h3-7,10,15H,2,8-9,12H2,1H3,(H,20,24). The maximum atomic E-state index is 12.3. The number of hydrogen-bond acceptors (Lipinski definition) is 7. The summed E-state index contributed by atoms with van der Waals surface area (Å²) in [6, 6.07) is 11.7. The molecule has 27 heavy (non-hydrogen) atoms. The van der Waals surface area contributed by atoms with Gasteiger partial charge < -0.3 is 10.2 Å². The predicted molar refractivity (Wildman–Crippen MR) is 101 cm³/mol. The maximum Gasteiger partial charge on any atom is 0.276 e. The van der Waals surface area contributed by atoms with E-state index in [0.29, 0.717) is 30.0 Å². The third kappa shape index (κ3) is 4.41. The van der Waals surface area contributed by atoms with Crippen molar-refractivity contribution in [2.24, 2.45) is 0 Å². The van der Waals surface area contributed by atoms with Gasteiger partial charge in [-0.2, -0.15) is 5.26 Å². The van der Waals surface area contributed by atoms with Crippen molar-refractivity contribution in [3.05, 3.63) is 47.7 Å². The molecule has 3 rings (SSSR count). The molecule has 2 aromatic rings. The van der Waals surface area contributed by atoms with Crippen LogP contribution in [0.1, 0.15) is 29.4 Å². The molecule has 0 spiro atoms. The first kappa shape index (κ1) is 18.8. The van der Waals surface area contributed by atoms with Crippen LogP contribution < -0.4 is 10.2 Å². The number of aromatic nitrogens is 2. The molecule has 0 radical (unpaired) electrons. The van der Waals surface area contributed by atoms with Gasteiger partial charge in [0.2, 0.25) is 0 Å². The van der Waals surface area contributed by atoms with Crippen molar-refractivity contribution in [2.45, 2.75) is 19.4 Å². The van der Waals surface area contributed by atoms with Crippen molar-refractivity contribution in [3.8, 4) is 6.07 Å². The van der Waals surface area contributed by atoms with Crippen molar-refractivity contribution in [1.82, 2.24) is 10.2 Å². The Hall–Kier alpha value is -2.99. The number of anilines is 2. The summed E-state index contributed by atoms with van der Waals surface area (Å²) in [6.07, 6.45) is 0.565. The van der Waals surface area contributed by atoms with Crippen LogP contribution in [0.2, 0.25) is 0 Å². The van der Waals surface area contributed by atoms with Crippen molar-refractivity contribution < 1.29 is 13.2 Å². The zero-order valence-electron chi connectivity index (χ0n) is 14.8. The van der Waals surface area contributed by atoms with E-state index in [0.717, 1.165) is 0 Å². The number of amides is 1. The Kier molecular flexibility index (Phi) is 5.37. The molecular weight excluding hydrogens is 366 g/mol. The van der Waals surface area contributed by atoms with Crippen molar-refractivity contribution in [1.29, 1.82) is 5.26 Å². The van der Waals surface area contributed by atoms with E-state index in [4.69, 9.17) is 5.26 Å². The van der Waals surface area contributed by atoms with Crippen molar-refractivity contribution in [3.63, 3.8) is 0 Å². The summed E-state index contributed by atoms with van der Waals surface area (Å²) in [5, 5.41) is 19.7. The summed E-state index contributed by atoms with van der Waals surface area (Å²) in [5.74, 6) is 0.405. The van der Waals surface area contributed by atoms with Gasteiger partial charge >= 0.3 is 0 Å². The first-order valence-corrected chi connectivity index (χ1v) is 10.4. The molecule has 9 heteroatoms. The summed E-state index contributed by atoms with van der Waals surface area (Å²) < 4.78 is 23.4. The fourth-order valence-electron chi connectivity index (χ4n) is 3.09. The molecule has 1 amide bonds. The molecule has 2 heterocycles. The Bertz CT molecular complexity index is 983. The molecule has 1 fully saturated rings. The van der Waals surface area contributed by atoms with Gasteiger partial charge in [0.05, 0.1) is 23.1 Å².